The molecule has 0 heterocycles. The molecule has 0 saturated heterocycles. The van der Waals surface area contributed by atoms with Gasteiger partial charge in [0, 0.05) is 20.8 Å². The Labute approximate surface area is 171 Å². The fourth-order valence-electron chi connectivity index (χ4n) is 3.30. The highest BCUT2D eigenvalue weighted by atomic mass is 16.5. The molecule has 0 bridgehead atoms. The predicted molar refractivity (Wildman–Crippen MR) is 111 cm³/mol. The van der Waals surface area contributed by atoms with Crippen LogP contribution in [0.5, 0.6) is 0 Å². The molecule has 28 heavy (non-hydrogen) atoms. The van der Waals surface area contributed by atoms with Gasteiger partial charge in [0.05, 0.1) is 0 Å². The molecule has 0 aromatic heterocycles. The Morgan fingerprint density at radius 2 is 1.07 bits per heavy atom. The summed E-state index contributed by atoms with van der Waals surface area (Å²) in [5.74, 6) is -1.07. The van der Waals surface area contributed by atoms with Crippen LogP contribution < -0.4 is 5.32 Å². The lowest BCUT2D eigenvalue weighted by atomic mass is 9.92. The topological polar surface area (TPSA) is 81.7 Å². The zero-order valence-corrected chi connectivity index (χ0v) is 18.4. The fraction of sp³-hybridized carbons (Fsp3) is 0.864. The van der Waals surface area contributed by atoms with E-state index in [0.29, 0.717) is 6.42 Å². The molecule has 0 aromatic carbocycles. The highest BCUT2D eigenvalue weighted by Gasteiger charge is 2.33. The van der Waals surface area contributed by atoms with Crippen molar-refractivity contribution in [1.29, 1.82) is 0 Å². The molecule has 0 spiro atoms. The van der Waals surface area contributed by atoms with Crippen LogP contribution in [0.25, 0.3) is 0 Å². The molecule has 0 aliphatic rings. The minimum absolute atomic E-state index is 0.00690. The summed E-state index contributed by atoms with van der Waals surface area (Å²) < 4.78 is 10.3. The van der Waals surface area contributed by atoms with Gasteiger partial charge in [0.1, 0.15) is 18.8 Å². The molecule has 0 unspecified atom stereocenters. The average Bonchev–Trinajstić information content (AvgIpc) is 2.62. The van der Waals surface area contributed by atoms with Gasteiger partial charge in [-0.15, -0.1) is 0 Å². The Bertz CT molecular complexity index is 432. The number of amides is 1. The Hall–Kier alpha value is -1.59. The minimum Gasteiger partial charge on any atom is -0.463 e. The molecular weight excluding hydrogens is 358 g/mol. The number of hydrogen-bond donors (Lipinski definition) is 1. The summed E-state index contributed by atoms with van der Waals surface area (Å²) >= 11 is 0. The van der Waals surface area contributed by atoms with Gasteiger partial charge in [-0.3, -0.25) is 14.4 Å². The number of ether oxygens (including phenoxy) is 2. The van der Waals surface area contributed by atoms with Crippen LogP contribution >= 0.6 is 0 Å². The molecular formula is C22H41NO5. The van der Waals surface area contributed by atoms with E-state index in [9.17, 15) is 14.4 Å². The Kier molecular flexibility index (Phi) is 15.4. The van der Waals surface area contributed by atoms with E-state index in [-0.39, 0.29) is 19.1 Å². The van der Waals surface area contributed by atoms with E-state index < -0.39 is 17.5 Å². The molecule has 1 amide bonds. The molecule has 0 fully saturated rings. The third-order valence-electron chi connectivity index (χ3n) is 4.80. The molecule has 0 aliphatic heterocycles. The first kappa shape index (κ1) is 26.4. The first-order chi connectivity index (χ1) is 13.3. The van der Waals surface area contributed by atoms with E-state index in [1.807, 2.05) is 0 Å². The Morgan fingerprint density at radius 3 is 1.43 bits per heavy atom. The maximum atomic E-state index is 11.7. The van der Waals surface area contributed by atoms with Crippen LogP contribution in [-0.2, 0) is 23.9 Å². The number of carbonyl (C=O) groups excluding carboxylic acids is 3. The minimum atomic E-state index is -0.859. The monoisotopic (exact) mass is 399 g/mol. The van der Waals surface area contributed by atoms with Gasteiger partial charge in [0.15, 0.2) is 0 Å². The first-order valence-electron chi connectivity index (χ1n) is 10.9. The number of hydrogen-bond acceptors (Lipinski definition) is 5. The van der Waals surface area contributed by atoms with Gasteiger partial charge < -0.3 is 14.8 Å². The van der Waals surface area contributed by atoms with E-state index in [0.717, 1.165) is 19.3 Å². The van der Waals surface area contributed by atoms with Crippen LogP contribution in [0.15, 0.2) is 0 Å². The fourth-order valence-corrected chi connectivity index (χ4v) is 3.30. The maximum Gasteiger partial charge on any atom is 0.302 e. The van der Waals surface area contributed by atoms with Gasteiger partial charge in [-0.1, -0.05) is 77.6 Å². The quantitative estimate of drug-likeness (QED) is 0.283. The van der Waals surface area contributed by atoms with E-state index in [4.69, 9.17) is 9.47 Å². The smallest absolute Gasteiger partial charge is 0.302 e. The van der Waals surface area contributed by atoms with Crippen molar-refractivity contribution >= 4 is 17.8 Å². The molecule has 164 valence electrons. The lowest BCUT2D eigenvalue weighted by Crippen LogP contribution is -2.55. The summed E-state index contributed by atoms with van der Waals surface area (Å²) in [5.41, 5.74) is -0.859. The highest BCUT2D eigenvalue weighted by Crippen LogP contribution is 2.19. The number of esters is 2. The third-order valence-corrected chi connectivity index (χ3v) is 4.80. The van der Waals surface area contributed by atoms with Crippen molar-refractivity contribution < 1.29 is 23.9 Å². The molecule has 0 saturated carbocycles. The summed E-state index contributed by atoms with van der Waals surface area (Å²) in [4.78, 5) is 34.1. The third kappa shape index (κ3) is 15.5. The molecule has 0 atom stereocenters. The van der Waals surface area contributed by atoms with E-state index in [1.165, 1.54) is 72.1 Å². The molecule has 0 aliphatic carbocycles. The number of carbonyl (C=O) groups is 3. The first-order valence-corrected chi connectivity index (χ1v) is 10.9. The molecule has 0 radical (unpaired) electrons. The van der Waals surface area contributed by atoms with E-state index in [1.54, 1.807) is 0 Å². The predicted octanol–water partition coefficient (Wildman–Crippen LogP) is 4.69. The van der Waals surface area contributed by atoms with Gasteiger partial charge in [0.25, 0.3) is 0 Å². The Morgan fingerprint density at radius 1 is 0.679 bits per heavy atom. The van der Waals surface area contributed by atoms with Crippen LogP contribution in [0.2, 0.25) is 0 Å². The number of nitrogens with one attached hydrogen (secondary N) is 1. The number of rotatable bonds is 17. The van der Waals surface area contributed by atoms with Gasteiger partial charge in [0.2, 0.25) is 5.91 Å². The van der Waals surface area contributed by atoms with Crippen molar-refractivity contribution in [2.45, 2.75) is 110 Å². The summed E-state index contributed by atoms with van der Waals surface area (Å²) in [7, 11) is 0. The largest absolute Gasteiger partial charge is 0.463 e. The van der Waals surface area contributed by atoms with Crippen molar-refractivity contribution in [3.05, 3.63) is 0 Å². The summed E-state index contributed by atoms with van der Waals surface area (Å²) in [5, 5.41) is 2.85. The summed E-state index contributed by atoms with van der Waals surface area (Å²) in [6, 6.07) is 0. The number of unbranched alkanes of at least 4 members (excludes halogenated alkanes) is 10. The second-order valence-corrected chi connectivity index (χ2v) is 7.81. The molecule has 6 heteroatoms. The van der Waals surface area contributed by atoms with Crippen LogP contribution in [0.3, 0.4) is 0 Å². The lowest BCUT2D eigenvalue weighted by molar-refractivity contribution is -0.150. The van der Waals surface area contributed by atoms with Gasteiger partial charge in [-0.05, 0) is 6.42 Å². The zero-order chi connectivity index (χ0) is 21.3. The van der Waals surface area contributed by atoms with Crippen LogP contribution in [0, 0.1) is 0 Å². The van der Waals surface area contributed by atoms with Crippen molar-refractivity contribution in [3.8, 4) is 0 Å². The van der Waals surface area contributed by atoms with E-state index >= 15 is 0 Å². The van der Waals surface area contributed by atoms with Crippen molar-refractivity contribution in [2.24, 2.45) is 0 Å². The van der Waals surface area contributed by atoms with Gasteiger partial charge in [-0.2, -0.15) is 0 Å². The van der Waals surface area contributed by atoms with Crippen molar-refractivity contribution in [2.75, 3.05) is 13.2 Å². The summed E-state index contributed by atoms with van der Waals surface area (Å²) in [6.45, 7) is 6.31. The van der Waals surface area contributed by atoms with E-state index in [2.05, 4.69) is 12.2 Å². The van der Waals surface area contributed by atoms with Crippen molar-refractivity contribution in [3.63, 3.8) is 0 Å². The molecule has 0 aromatic rings. The second-order valence-electron chi connectivity index (χ2n) is 7.81. The van der Waals surface area contributed by atoms with Gasteiger partial charge in [-0.25, -0.2) is 0 Å². The Balaban J connectivity index is 4.28. The maximum absolute atomic E-state index is 11.7. The SMILES string of the molecule is CCCCCCCCCCCCCC(COC(C)=O)(COC(C)=O)NC(C)=O. The van der Waals surface area contributed by atoms with Crippen LogP contribution in [-0.4, -0.2) is 36.6 Å². The van der Waals surface area contributed by atoms with Crippen LogP contribution in [0.1, 0.15) is 105 Å². The molecule has 6 nitrogen and oxygen atoms in total. The van der Waals surface area contributed by atoms with Gasteiger partial charge >= 0.3 is 11.9 Å². The average molecular weight is 400 g/mol. The normalized spacial score (nSPS) is 11.1. The molecule has 0 rings (SSSR count). The summed E-state index contributed by atoms with van der Waals surface area (Å²) in [6.07, 6.45) is 14.1. The zero-order valence-electron chi connectivity index (χ0n) is 18.4. The lowest BCUT2D eigenvalue weighted by Gasteiger charge is -2.33. The molecule has 1 N–H and O–H groups in total. The second kappa shape index (κ2) is 16.4. The van der Waals surface area contributed by atoms with Crippen molar-refractivity contribution in [1.82, 2.24) is 5.32 Å². The highest BCUT2D eigenvalue weighted by molar-refractivity contribution is 5.74. The van der Waals surface area contributed by atoms with Crippen LogP contribution in [0.4, 0.5) is 0 Å². The standard InChI is InChI=1S/C22H41NO5/c1-5-6-7-8-9-10-11-12-13-14-15-16-22(23-19(2)24,17-27-20(3)25)18-28-21(4)26/h5-18H2,1-4H3,(H,23,24).